The van der Waals surface area contributed by atoms with Gasteiger partial charge in [0.1, 0.15) is 0 Å². The van der Waals surface area contributed by atoms with Gasteiger partial charge in [-0.1, -0.05) is 24.3 Å². The molecule has 0 aliphatic rings. The molecule has 2 aromatic rings. The minimum Gasteiger partial charge on any atom is -0.309 e. The second-order valence-corrected chi connectivity index (χ2v) is 5.62. The molecule has 0 saturated heterocycles. The number of nitrogens with one attached hydrogen (secondary N) is 1. The molecule has 0 aliphatic heterocycles. The summed E-state index contributed by atoms with van der Waals surface area (Å²) in [6.07, 6.45) is 0. The van der Waals surface area contributed by atoms with Crippen LogP contribution in [0.1, 0.15) is 28.3 Å². The molecule has 106 valence electrons. The van der Waals surface area contributed by atoms with E-state index >= 15 is 0 Å². The zero-order valence-corrected chi connectivity index (χ0v) is 13.2. The molecule has 20 heavy (non-hydrogen) atoms. The quantitative estimate of drug-likeness (QED) is 0.802. The lowest BCUT2D eigenvalue weighted by Crippen LogP contribution is -2.19. The van der Waals surface area contributed by atoms with Crippen molar-refractivity contribution in [3.8, 4) is 0 Å². The molecule has 1 unspecified atom stereocenters. The fourth-order valence-corrected chi connectivity index (χ4v) is 2.76. The maximum atomic E-state index is 13.7. The van der Waals surface area contributed by atoms with Gasteiger partial charge >= 0.3 is 0 Å². The monoisotopic (exact) mass is 339 g/mol. The van der Waals surface area contributed by atoms with Gasteiger partial charge in [0, 0.05) is 0 Å². The molecule has 0 aromatic heterocycles. The molecule has 0 aliphatic carbocycles. The molecule has 4 heteroatoms. The Hall–Kier alpha value is -1.26. The number of benzene rings is 2. The highest BCUT2D eigenvalue weighted by molar-refractivity contribution is 9.10. The first kappa shape index (κ1) is 15.1. The Kier molecular flexibility index (Phi) is 4.55. The average molecular weight is 340 g/mol. The molecule has 1 nitrogen and oxygen atoms in total. The zero-order valence-electron chi connectivity index (χ0n) is 11.6. The lowest BCUT2D eigenvalue weighted by atomic mass is 9.95. The molecule has 0 radical (unpaired) electrons. The fraction of sp³-hybridized carbons (Fsp3) is 0.250. The number of hydrogen-bond donors (Lipinski definition) is 1. The molecule has 0 heterocycles. The summed E-state index contributed by atoms with van der Waals surface area (Å²) in [4.78, 5) is 0. The normalized spacial score (nSPS) is 12.5. The number of halogens is 3. The summed E-state index contributed by atoms with van der Waals surface area (Å²) >= 11 is 3.15. The smallest absolute Gasteiger partial charge is 0.173 e. The summed E-state index contributed by atoms with van der Waals surface area (Å²) in [6, 6.07) is 8.64. The maximum absolute atomic E-state index is 13.7. The van der Waals surface area contributed by atoms with Crippen LogP contribution in [0.4, 0.5) is 8.78 Å². The molecule has 2 rings (SSSR count). The van der Waals surface area contributed by atoms with E-state index in [1.165, 1.54) is 11.1 Å². The van der Waals surface area contributed by atoms with Gasteiger partial charge in [-0.2, -0.15) is 0 Å². The molecule has 0 saturated carbocycles. The van der Waals surface area contributed by atoms with Gasteiger partial charge in [0.15, 0.2) is 11.6 Å². The molecule has 1 atom stereocenters. The number of hydrogen-bond acceptors (Lipinski definition) is 1. The van der Waals surface area contributed by atoms with E-state index in [2.05, 4.69) is 27.3 Å². The van der Waals surface area contributed by atoms with Crippen molar-refractivity contribution in [1.29, 1.82) is 0 Å². The summed E-state index contributed by atoms with van der Waals surface area (Å²) in [7, 11) is 1.80. The van der Waals surface area contributed by atoms with Crippen molar-refractivity contribution in [2.45, 2.75) is 19.9 Å². The SMILES string of the molecule is CNC(c1ccc(C)c(C)c1)c1ccc(F)c(F)c1Br. The third-order valence-electron chi connectivity index (χ3n) is 3.53. The lowest BCUT2D eigenvalue weighted by Gasteiger charge is -2.20. The highest BCUT2D eigenvalue weighted by Crippen LogP contribution is 2.32. The molecule has 0 amide bonds. The lowest BCUT2D eigenvalue weighted by molar-refractivity contribution is 0.499. The van der Waals surface area contributed by atoms with Crippen LogP contribution in [0.3, 0.4) is 0 Å². The van der Waals surface area contributed by atoms with Crippen molar-refractivity contribution in [3.05, 3.63) is 68.7 Å². The van der Waals surface area contributed by atoms with Gasteiger partial charge in [-0.15, -0.1) is 0 Å². The molecule has 0 fully saturated rings. The summed E-state index contributed by atoms with van der Waals surface area (Å²) in [5, 5.41) is 3.15. The second kappa shape index (κ2) is 6.02. The van der Waals surface area contributed by atoms with Crippen LogP contribution in [0.25, 0.3) is 0 Å². The average Bonchev–Trinajstić information content (AvgIpc) is 2.43. The number of rotatable bonds is 3. The second-order valence-electron chi connectivity index (χ2n) is 4.83. The largest absolute Gasteiger partial charge is 0.309 e. The maximum Gasteiger partial charge on any atom is 0.173 e. The minimum atomic E-state index is -0.855. The van der Waals surface area contributed by atoms with E-state index in [1.54, 1.807) is 13.1 Å². The first-order chi connectivity index (χ1) is 9.45. The van der Waals surface area contributed by atoms with Crippen LogP contribution < -0.4 is 5.32 Å². The molecular formula is C16H16BrF2N. The first-order valence-electron chi connectivity index (χ1n) is 6.33. The Balaban J connectivity index is 2.52. The Morgan fingerprint density at radius 3 is 2.35 bits per heavy atom. The van der Waals surface area contributed by atoms with E-state index < -0.39 is 11.6 Å². The van der Waals surface area contributed by atoms with Crippen LogP contribution in [0.15, 0.2) is 34.8 Å². The van der Waals surface area contributed by atoms with E-state index in [0.717, 1.165) is 11.6 Å². The van der Waals surface area contributed by atoms with Crippen LogP contribution in [0.2, 0.25) is 0 Å². The van der Waals surface area contributed by atoms with Gasteiger partial charge in [0.25, 0.3) is 0 Å². The van der Waals surface area contributed by atoms with Crippen molar-refractivity contribution in [1.82, 2.24) is 5.32 Å². The Morgan fingerprint density at radius 1 is 1.05 bits per heavy atom. The van der Waals surface area contributed by atoms with Gasteiger partial charge in [-0.3, -0.25) is 0 Å². The first-order valence-corrected chi connectivity index (χ1v) is 7.12. The Bertz CT molecular complexity index is 641. The molecule has 0 bridgehead atoms. The van der Waals surface area contributed by atoms with Gasteiger partial charge < -0.3 is 5.32 Å². The van der Waals surface area contributed by atoms with Crippen molar-refractivity contribution in [2.75, 3.05) is 7.05 Å². The van der Waals surface area contributed by atoms with E-state index in [-0.39, 0.29) is 10.5 Å². The highest BCUT2D eigenvalue weighted by atomic mass is 79.9. The van der Waals surface area contributed by atoms with Crippen LogP contribution >= 0.6 is 15.9 Å². The summed E-state index contributed by atoms with van der Waals surface area (Å²) in [6.45, 7) is 4.08. The summed E-state index contributed by atoms with van der Waals surface area (Å²) in [5.74, 6) is -1.71. The topological polar surface area (TPSA) is 12.0 Å². The molecule has 0 spiro atoms. The van der Waals surface area contributed by atoms with Gasteiger partial charge in [0.2, 0.25) is 0 Å². The third kappa shape index (κ3) is 2.76. The predicted molar refractivity (Wildman–Crippen MR) is 80.9 cm³/mol. The Morgan fingerprint density at radius 2 is 1.75 bits per heavy atom. The van der Waals surface area contributed by atoms with Gasteiger partial charge in [0.05, 0.1) is 10.5 Å². The molecule has 2 aromatic carbocycles. The summed E-state index contributed by atoms with van der Waals surface area (Å²) < 4.78 is 27.1. The minimum absolute atomic E-state index is 0.162. The Labute approximate surface area is 126 Å². The predicted octanol–water partition coefficient (Wildman–Crippen LogP) is 4.65. The van der Waals surface area contributed by atoms with Crippen molar-refractivity contribution in [3.63, 3.8) is 0 Å². The van der Waals surface area contributed by atoms with Crippen molar-refractivity contribution < 1.29 is 8.78 Å². The highest BCUT2D eigenvalue weighted by Gasteiger charge is 2.19. The van der Waals surface area contributed by atoms with Crippen LogP contribution in [0, 0.1) is 25.5 Å². The van der Waals surface area contributed by atoms with E-state index in [9.17, 15) is 8.78 Å². The van der Waals surface area contributed by atoms with Gasteiger partial charge in [-0.05, 0) is 65.1 Å². The van der Waals surface area contributed by atoms with Crippen LogP contribution in [-0.4, -0.2) is 7.05 Å². The molecule has 1 N–H and O–H groups in total. The number of aryl methyl sites for hydroxylation is 2. The van der Waals surface area contributed by atoms with Crippen molar-refractivity contribution >= 4 is 15.9 Å². The fourth-order valence-electron chi connectivity index (χ4n) is 2.21. The zero-order chi connectivity index (χ0) is 14.9. The third-order valence-corrected chi connectivity index (χ3v) is 4.33. The van der Waals surface area contributed by atoms with Crippen LogP contribution in [-0.2, 0) is 0 Å². The van der Waals surface area contributed by atoms with E-state index in [0.29, 0.717) is 5.56 Å². The van der Waals surface area contributed by atoms with Gasteiger partial charge in [-0.25, -0.2) is 8.78 Å². The van der Waals surface area contributed by atoms with Crippen LogP contribution in [0.5, 0.6) is 0 Å². The van der Waals surface area contributed by atoms with E-state index in [4.69, 9.17) is 0 Å². The van der Waals surface area contributed by atoms with Crippen molar-refractivity contribution in [2.24, 2.45) is 0 Å². The van der Waals surface area contributed by atoms with E-state index in [1.807, 2.05) is 26.0 Å². The molecular weight excluding hydrogens is 324 g/mol. The standard InChI is InChI=1S/C16H16BrF2N/c1-9-4-5-11(8-10(9)2)16(20-3)12-6-7-13(18)15(19)14(12)17/h4-8,16,20H,1-3H3. The summed E-state index contributed by atoms with van der Waals surface area (Å²) in [5.41, 5.74) is 4.06.